The summed E-state index contributed by atoms with van der Waals surface area (Å²) in [5.41, 5.74) is 4.40. The maximum Gasteiger partial charge on any atom is 0.0199 e. The van der Waals surface area contributed by atoms with E-state index in [0.29, 0.717) is 0 Å². The number of rotatable bonds is 1. The third-order valence-corrected chi connectivity index (χ3v) is 5.43. The molecule has 18 heavy (non-hydrogen) atoms. The molecule has 0 aliphatic carbocycles. The lowest BCUT2D eigenvalue weighted by atomic mass is 9.76. The molecular formula is C17H21N. The average molecular weight is 239 g/mol. The Bertz CT molecular complexity index is 487. The van der Waals surface area contributed by atoms with Gasteiger partial charge in [0.25, 0.3) is 0 Å². The Morgan fingerprint density at radius 3 is 2.72 bits per heavy atom. The van der Waals surface area contributed by atoms with E-state index in [1.165, 1.54) is 36.9 Å². The van der Waals surface area contributed by atoms with Crippen LogP contribution < -0.4 is 0 Å². The molecule has 1 heteroatoms. The van der Waals surface area contributed by atoms with Gasteiger partial charge in [-0.3, -0.25) is 4.90 Å². The van der Waals surface area contributed by atoms with E-state index >= 15 is 0 Å². The van der Waals surface area contributed by atoms with Gasteiger partial charge in [-0.1, -0.05) is 42.0 Å². The molecule has 94 valence electrons. The number of nitrogens with zero attached hydrogens (tertiary/aromatic N) is 1. The quantitative estimate of drug-likeness (QED) is 0.678. The molecule has 0 amide bonds. The average Bonchev–Trinajstić information content (AvgIpc) is 2.76. The van der Waals surface area contributed by atoms with Crippen molar-refractivity contribution in [3.05, 3.63) is 47.5 Å². The molecule has 4 bridgehead atoms. The van der Waals surface area contributed by atoms with E-state index in [0.717, 1.165) is 23.9 Å². The molecule has 0 saturated carbocycles. The fourth-order valence-corrected chi connectivity index (χ4v) is 4.61. The molecule has 3 aliphatic heterocycles. The first kappa shape index (κ1) is 10.8. The number of hydrogen-bond donors (Lipinski definition) is 0. The van der Waals surface area contributed by atoms with Gasteiger partial charge in [-0.25, -0.2) is 0 Å². The fraction of sp³-hybridized carbons (Fsp3) is 0.529. The van der Waals surface area contributed by atoms with Gasteiger partial charge in [0.05, 0.1) is 0 Å². The molecule has 1 unspecified atom stereocenters. The summed E-state index contributed by atoms with van der Waals surface area (Å²) in [5, 5.41) is 0. The SMILES string of the molecule is C=C1CN2[C@H]3CC[C@@H]2[C@@H]1[C@@H](c1ccc(C)cc1)C3. The highest BCUT2D eigenvalue weighted by molar-refractivity contribution is 5.33. The highest BCUT2D eigenvalue weighted by atomic mass is 15.3. The lowest BCUT2D eigenvalue weighted by Gasteiger charge is -2.37. The van der Waals surface area contributed by atoms with E-state index < -0.39 is 0 Å². The Hall–Kier alpha value is -1.08. The Balaban J connectivity index is 1.73. The third-order valence-electron chi connectivity index (χ3n) is 5.43. The predicted molar refractivity (Wildman–Crippen MR) is 74.7 cm³/mol. The largest absolute Gasteiger partial charge is 0.293 e. The molecular weight excluding hydrogens is 218 g/mol. The summed E-state index contributed by atoms with van der Waals surface area (Å²) in [6, 6.07) is 10.9. The van der Waals surface area contributed by atoms with Crippen LogP contribution in [0, 0.1) is 12.8 Å². The maximum absolute atomic E-state index is 4.37. The Morgan fingerprint density at radius 2 is 1.94 bits per heavy atom. The number of benzene rings is 1. The van der Waals surface area contributed by atoms with Crippen molar-refractivity contribution in [3.8, 4) is 0 Å². The summed E-state index contributed by atoms with van der Waals surface area (Å²) in [5.74, 6) is 1.46. The monoisotopic (exact) mass is 239 g/mol. The molecule has 1 aromatic carbocycles. The van der Waals surface area contributed by atoms with Crippen molar-refractivity contribution in [2.75, 3.05) is 6.54 Å². The van der Waals surface area contributed by atoms with Crippen molar-refractivity contribution in [2.24, 2.45) is 5.92 Å². The second-order valence-corrected chi connectivity index (χ2v) is 6.41. The van der Waals surface area contributed by atoms with E-state index in [2.05, 4.69) is 42.7 Å². The molecule has 1 nitrogen and oxygen atoms in total. The van der Waals surface area contributed by atoms with Crippen LogP contribution >= 0.6 is 0 Å². The van der Waals surface area contributed by atoms with Crippen molar-refractivity contribution in [1.29, 1.82) is 0 Å². The first-order valence-corrected chi connectivity index (χ1v) is 7.24. The Morgan fingerprint density at radius 1 is 1.17 bits per heavy atom. The van der Waals surface area contributed by atoms with E-state index in [-0.39, 0.29) is 0 Å². The van der Waals surface area contributed by atoms with Gasteiger partial charge in [0.1, 0.15) is 0 Å². The Labute approximate surface area is 109 Å². The minimum atomic E-state index is 0.728. The summed E-state index contributed by atoms with van der Waals surface area (Å²) in [6.07, 6.45) is 4.16. The highest BCUT2D eigenvalue weighted by Crippen LogP contribution is 2.53. The molecule has 3 fully saturated rings. The summed E-state index contributed by atoms with van der Waals surface area (Å²) in [7, 11) is 0. The molecule has 0 N–H and O–H groups in total. The van der Waals surface area contributed by atoms with Gasteiger partial charge < -0.3 is 0 Å². The minimum Gasteiger partial charge on any atom is -0.293 e. The summed E-state index contributed by atoms with van der Waals surface area (Å²) in [6.45, 7) is 7.71. The summed E-state index contributed by atoms with van der Waals surface area (Å²) in [4.78, 5) is 2.73. The molecule has 3 heterocycles. The lowest BCUT2D eigenvalue weighted by molar-refractivity contribution is 0.154. The third kappa shape index (κ3) is 1.37. The van der Waals surface area contributed by atoms with Crippen molar-refractivity contribution in [1.82, 2.24) is 4.90 Å². The van der Waals surface area contributed by atoms with Crippen LogP contribution in [0.4, 0.5) is 0 Å². The number of hydrogen-bond acceptors (Lipinski definition) is 1. The molecule has 3 saturated heterocycles. The molecule has 0 radical (unpaired) electrons. The zero-order valence-corrected chi connectivity index (χ0v) is 11.1. The zero-order chi connectivity index (χ0) is 12.3. The normalized spacial score (nSPS) is 41.4. The van der Waals surface area contributed by atoms with Crippen LogP contribution in [0.5, 0.6) is 0 Å². The van der Waals surface area contributed by atoms with Crippen LogP contribution in [0.25, 0.3) is 0 Å². The van der Waals surface area contributed by atoms with Crippen LogP contribution in [0.15, 0.2) is 36.4 Å². The van der Waals surface area contributed by atoms with E-state index in [4.69, 9.17) is 0 Å². The minimum absolute atomic E-state index is 0.728. The van der Waals surface area contributed by atoms with Crippen LogP contribution in [0.1, 0.15) is 36.3 Å². The summed E-state index contributed by atoms with van der Waals surface area (Å²) >= 11 is 0. The smallest absolute Gasteiger partial charge is 0.0199 e. The first-order valence-electron chi connectivity index (χ1n) is 7.24. The van der Waals surface area contributed by atoms with Crippen molar-refractivity contribution in [2.45, 2.75) is 44.2 Å². The van der Waals surface area contributed by atoms with Crippen molar-refractivity contribution >= 4 is 0 Å². The lowest BCUT2D eigenvalue weighted by Crippen LogP contribution is -2.40. The van der Waals surface area contributed by atoms with Gasteiger partial charge >= 0.3 is 0 Å². The topological polar surface area (TPSA) is 3.24 Å². The van der Waals surface area contributed by atoms with Gasteiger partial charge in [0, 0.05) is 24.5 Å². The Kier molecular flexibility index (Phi) is 2.23. The van der Waals surface area contributed by atoms with Crippen LogP contribution in [0.3, 0.4) is 0 Å². The molecule has 0 spiro atoms. The summed E-state index contributed by atoms with van der Waals surface area (Å²) < 4.78 is 0. The zero-order valence-electron chi connectivity index (χ0n) is 11.1. The van der Waals surface area contributed by atoms with Gasteiger partial charge in [0.15, 0.2) is 0 Å². The molecule has 5 atom stereocenters. The molecule has 3 aliphatic rings. The van der Waals surface area contributed by atoms with E-state index in [9.17, 15) is 0 Å². The van der Waals surface area contributed by atoms with Gasteiger partial charge in [-0.2, -0.15) is 0 Å². The van der Waals surface area contributed by atoms with E-state index in [1.807, 2.05) is 0 Å². The molecule has 4 rings (SSSR count). The standard InChI is InChI=1S/C17H21N/c1-11-3-5-13(6-4-11)15-9-14-7-8-16-17(15)12(2)10-18(14)16/h3-6,14-17H,2,7-10H2,1H3/t14-,15+,16+,17-/m0/s1. The van der Waals surface area contributed by atoms with E-state index in [1.54, 1.807) is 5.56 Å². The second-order valence-electron chi connectivity index (χ2n) is 6.41. The van der Waals surface area contributed by atoms with Crippen molar-refractivity contribution < 1.29 is 0 Å². The fourth-order valence-electron chi connectivity index (χ4n) is 4.61. The number of piperidine rings is 1. The second kappa shape index (κ2) is 3.71. The number of aryl methyl sites for hydroxylation is 1. The van der Waals surface area contributed by atoms with Gasteiger partial charge in [0.2, 0.25) is 0 Å². The highest BCUT2D eigenvalue weighted by Gasteiger charge is 2.52. The predicted octanol–water partition coefficient (Wildman–Crippen LogP) is 3.50. The van der Waals surface area contributed by atoms with Crippen molar-refractivity contribution in [3.63, 3.8) is 0 Å². The van der Waals surface area contributed by atoms with Crippen LogP contribution in [-0.4, -0.2) is 23.5 Å². The molecule has 1 aromatic rings. The van der Waals surface area contributed by atoms with Gasteiger partial charge in [-0.05, 0) is 37.7 Å². The molecule has 0 aromatic heterocycles. The van der Waals surface area contributed by atoms with Crippen LogP contribution in [-0.2, 0) is 0 Å². The van der Waals surface area contributed by atoms with Crippen LogP contribution in [0.2, 0.25) is 0 Å². The maximum atomic E-state index is 4.37. The first-order chi connectivity index (χ1) is 8.74. The van der Waals surface area contributed by atoms with Gasteiger partial charge in [-0.15, -0.1) is 0 Å².